The standard InChI is InChI=1S/C22H21N5O3/c1-30-17-10-7-16(8-11-17)13-20(28)24-19-14-21(29)25-22-23-18(26-27(19)22)12-9-15-5-3-2-4-6-15/h2-8,10-11,14H,9,12-13H2,1H3,(H,24,28)(H,23,25,26,29). The monoisotopic (exact) mass is 403 g/mol. The summed E-state index contributed by atoms with van der Waals surface area (Å²) in [7, 11) is 1.59. The Balaban J connectivity index is 1.50. The largest absolute Gasteiger partial charge is 0.497 e. The van der Waals surface area contributed by atoms with Crippen LogP contribution in [0.25, 0.3) is 5.78 Å². The van der Waals surface area contributed by atoms with Crippen LogP contribution in [0.2, 0.25) is 0 Å². The zero-order chi connectivity index (χ0) is 20.9. The van der Waals surface area contributed by atoms with Gasteiger partial charge in [-0.2, -0.15) is 9.50 Å². The summed E-state index contributed by atoms with van der Waals surface area (Å²) in [6.45, 7) is 0. The van der Waals surface area contributed by atoms with E-state index in [0.717, 1.165) is 17.7 Å². The molecule has 0 saturated heterocycles. The fraction of sp³-hybridized carbons (Fsp3) is 0.182. The van der Waals surface area contributed by atoms with Gasteiger partial charge in [0.2, 0.25) is 11.7 Å². The molecule has 8 nitrogen and oxygen atoms in total. The quantitative estimate of drug-likeness (QED) is 0.493. The van der Waals surface area contributed by atoms with Crippen LogP contribution >= 0.6 is 0 Å². The highest BCUT2D eigenvalue weighted by Crippen LogP contribution is 2.13. The van der Waals surface area contributed by atoms with E-state index in [1.165, 1.54) is 16.1 Å². The minimum absolute atomic E-state index is 0.161. The topological polar surface area (TPSA) is 101 Å². The Kier molecular flexibility index (Phi) is 5.56. The molecule has 0 atom stereocenters. The second-order valence-electron chi connectivity index (χ2n) is 6.84. The molecule has 1 amide bonds. The molecule has 2 heterocycles. The summed E-state index contributed by atoms with van der Waals surface area (Å²) in [6.07, 6.45) is 1.56. The van der Waals surface area contributed by atoms with Gasteiger partial charge in [0, 0.05) is 12.5 Å². The number of carbonyl (C=O) groups is 1. The molecule has 4 rings (SSSR count). The number of carbonyl (C=O) groups excluding carboxylic acids is 1. The number of hydrogen-bond acceptors (Lipinski definition) is 5. The maximum absolute atomic E-state index is 12.5. The van der Waals surface area contributed by atoms with Crippen molar-refractivity contribution >= 4 is 17.5 Å². The molecule has 152 valence electrons. The third-order valence-electron chi connectivity index (χ3n) is 4.65. The Labute approximate surface area is 172 Å². The number of fused-ring (bicyclic) bond motifs is 1. The molecule has 4 aromatic rings. The van der Waals surface area contributed by atoms with Crippen LogP contribution in [0, 0.1) is 0 Å². The van der Waals surface area contributed by atoms with Crippen LogP contribution in [0.15, 0.2) is 65.5 Å². The number of amides is 1. The molecule has 0 fully saturated rings. The summed E-state index contributed by atoms with van der Waals surface area (Å²) in [5.74, 6) is 1.64. The van der Waals surface area contributed by atoms with Gasteiger partial charge in [-0.15, -0.1) is 5.10 Å². The highest BCUT2D eigenvalue weighted by Gasteiger charge is 2.12. The van der Waals surface area contributed by atoms with Gasteiger partial charge in [0.05, 0.1) is 13.5 Å². The number of nitrogens with one attached hydrogen (secondary N) is 2. The van der Waals surface area contributed by atoms with Gasteiger partial charge in [-0.1, -0.05) is 42.5 Å². The second-order valence-corrected chi connectivity index (χ2v) is 6.84. The number of hydrogen-bond donors (Lipinski definition) is 2. The highest BCUT2D eigenvalue weighted by atomic mass is 16.5. The van der Waals surface area contributed by atoms with Crippen molar-refractivity contribution in [2.75, 3.05) is 12.4 Å². The summed E-state index contributed by atoms with van der Waals surface area (Å²) >= 11 is 0. The van der Waals surface area contributed by atoms with E-state index in [4.69, 9.17) is 4.74 Å². The number of aromatic nitrogens is 4. The Morgan fingerprint density at radius 1 is 1.07 bits per heavy atom. The lowest BCUT2D eigenvalue weighted by Crippen LogP contribution is -2.20. The first-order valence-corrected chi connectivity index (χ1v) is 9.56. The number of nitrogens with zero attached hydrogens (tertiary/aromatic N) is 3. The lowest BCUT2D eigenvalue weighted by Gasteiger charge is -2.07. The number of benzene rings is 2. The van der Waals surface area contributed by atoms with Crippen molar-refractivity contribution in [3.8, 4) is 5.75 Å². The van der Waals surface area contributed by atoms with Crippen molar-refractivity contribution in [2.45, 2.75) is 19.3 Å². The lowest BCUT2D eigenvalue weighted by atomic mass is 10.1. The van der Waals surface area contributed by atoms with Crippen molar-refractivity contribution < 1.29 is 9.53 Å². The molecule has 0 saturated carbocycles. The molecule has 2 aromatic heterocycles. The van der Waals surface area contributed by atoms with Crippen LogP contribution in [0.4, 0.5) is 5.82 Å². The van der Waals surface area contributed by atoms with Crippen molar-refractivity contribution in [3.05, 3.63) is 88.0 Å². The third-order valence-corrected chi connectivity index (χ3v) is 4.65. The van der Waals surface area contributed by atoms with E-state index < -0.39 is 0 Å². The summed E-state index contributed by atoms with van der Waals surface area (Å²) in [5, 5.41) is 7.22. The summed E-state index contributed by atoms with van der Waals surface area (Å²) in [5.41, 5.74) is 1.65. The first-order valence-electron chi connectivity index (χ1n) is 9.56. The number of rotatable bonds is 7. The molecule has 30 heavy (non-hydrogen) atoms. The number of aromatic amines is 1. The number of H-pyrrole nitrogens is 1. The highest BCUT2D eigenvalue weighted by molar-refractivity contribution is 5.91. The van der Waals surface area contributed by atoms with Crippen molar-refractivity contribution in [2.24, 2.45) is 0 Å². The van der Waals surface area contributed by atoms with Gasteiger partial charge in [-0.3, -0.25) is 14.6 Å². The van der Waals surface area contributed by atoms with E-state index >= 15 is 0 Å². The van der Waals surface area contributed by atoms with Gasteiger partial charge in [0.15, 0.2) is 5.82 Å². The Bertz CT molecular complexity index is 1210. The van der Waals surface area contributed by atoms with Crippen LogP contribution in [0.3, 0.4) is 0 Å². The van der Waals surface area contributed by atoms with Gasteiger partial charge in [0.1, 0.15) is 11.6 Å². The SMILES string of the molecule is COc1ccc(CC(=O)Nc2cc(=O)[nH]c3nc(CCc4ccccc4)nn23)cc1. The Morgan fingerprint density at radius 2 is 1.83 bits per heavy atom. The van der Waals surface area contributed by atoms with E-state index in [0.29, 0.717) is 18.0 Å². The van der Waals surface area contributed by atoms with Crippen molar-refractivity contribution in [1.29, 1.82) is 0 Å². The number of anilines is 1. The molecule has 0 bridgehead atoms. The molecule has 0 radical (unpaired) electrons. The summed E-state index contributed by atoms with van der Waals surface area (Å²) in [6, 6.07) is 18.6. The smallest absolute Gasteiger partial charge is 0.254 e. The van der Waals surface area contributed by atoms with Crippen LogP contribution in [0.5, 0.6) is 5.75 Å². The predicted molar refractivity (Wildman–Crippen MR) is 113 cm³/mol. The van der Waals surface area contributed by atoms with Gasteiger partial charge >= 0.3 is 0 Å². The molecule has 2 N–H and O–H groups in total. The maximum Gasteiger partial charge on any atom is 0.254 e. The van der Waals surface area contributed by atoms with E-state index in [1.54, 1.807) is 19.2 Å². The fourth-order valence-corrected chi connectivity index (χ4v) is 3.15. The van der Waals surface area contributed by atoms with Crippen LogP contribution in [0.1, 0.15) is 17.0 Å². The zero-order valence-electron chi connectivity index (χ0n) is 16.5. The minimum atomic E-state index is -0.357. The van der Waals surface area contributed by atoms with Crippen LogP contribution < -0.4 is 15.6 Å². The predicted octanol–water partition coefficient (Wildman–Crippen LogP) is 2.39. The molecule has 8 heteroatoms. The first-order chi connectivity index (χ1) is 14.6. The molecular formula is C22H21N5O3. The molecule has 0 spiro atoms. The fourth-order valence-electron chi connectivity index (χ4n) is 3.15. The van der Waals surface area contributed by atoms with E-state index in [1.807, 2.05) is 42.5 Å². The summed E-state index contributed by atoms with van der Waals surface area (Å²) in [4.78, 5) is 31.5. The molecule has 0 aliphatic rings. The van der Waals surface area contributed by atoms with E-state index in [-0.39, 0.29) is 23.7 Å². The van der Waals surface area contributed by atoms with E-state index in [2.05, 4.69) is 20.4 Å². The average molecular weight is 403 g/mol. The number of methoxy groups -OCH3 is 1. The van der Waals surface area contributed by atoms with Crippen LogP contribution in [-0.4, -0.2) is 32.6 Å². The van der Waals surface area contributed by atoms with E-state index in [9.17, 15) is 9.59 Å². The Morgan fingerprint density at radius 3 is 2.57 bits per heavy atom. The maximum atomic E-state index is 12.5. The zero-order valence-corrected chi connectivity index (χ0v) is 16.5. The first kappa shape index (κ1) is 19.4. The van der Waals surface area contributed by atoms with Gasteiger partial charge < -0.3 is 10.1 Å². The number of aryl methyl sites for hydroxylation is 2. The summed E-state index contributed by atoms with van der Waals surface area (Å²) < 4.78 is 6.58. The molecule has 0 unspecified atom stereocenters. The average Bonchev–Trinajstić information content (AvgIpc) is 3.16. The van der Waals surface area contributed by atoms with Crippen molar-refractivity contribution in [3.63, 3.8) is 0 Å². The normalized spacial score (nSPS) is 10.8. The van der Waals surface area contributed by atoms with Gasteiger partial charge in [-0.05, 0) is 29.7 Å². The number of ether oxygens (including phenoxy) is 1. The molecular weight excluding hydrogens is 382 g/mol. The van der Waals surface area contributed by atoms with Gasteiger partial charge in [0.25, 0.3) is 5.56 Å². The minimum Gasteiger partial charge on any atom is -0.497 e. The Hall–Kier alpha value is -3.94. The van der Waals surface area contributed by atoms with Gasteiger partial charge in [-0.25, -0.2) is 0 Å². The molecule has 0 aliphatic carbocycles. The lowest BCUT2D eigenvalue weighted by molar-refractivity contribution is -0.115. The van der Waals surface area contributed by atoms with Crippen molar-refractivity contribution in [1.82, 2.24) is 19.6 Å². The molecule has 2 aromatic carbocycles. The second kappa shape index (κ2) is 8.60. The van der Waals surface area contributed by atoms with Crippen LogP contribution in [-0.2, 0) is 24.1 Å². The molecule has 0 aliphatic heterocycles. The third kappa shape index (κ3) is 4.54.